The molecule has 1 atom stereocenters. The molecule has 164 valence electrons. The summed E-state index contributed by atoms with van der Waals surface area (Å²) in [6.07, 6.45) is -0.382. The number of amides is 1. The molecule has 1 N–H and O–H groups in total. The molecule has 0 bridgehead atoms. The van der Waals surface area contributed by atoms with Crippen molar-refractivity contribution >= 4 is 28.6 Å². The number of carbonyl (C=O) groups is 1. The van der Waals surface area contributed by atoms with Crippen LogP contribution in [0.3, 0.4) is 0 Å². The number of rotatable bonds is 4. The molecular formula is C22H22ClF2N3O3. The third-order valence-electron chi connectivity index (χ3n) is 4.39. The van der Waals surface area contributed by atoms with E-state index in [0.717, 1.165) is 16.7 Å². The highest BCUT2D eigenvalue weighted by Gasteiger charge is 2.25. The molecule has 1 amide bonds. The Kier molecular flexibility index (Phi) is 6.31. The number of hydrogen-bond acceptors (Lipinski definition) is 4. The maximum Gasteiger partial charge on any atom is 0.408 e. The van der Waals surface area contributed by atoms with E-state index in [1.807, 2.05) is 0 Å². The molecule has 1 aromatic heterocycles. The fourth-order valence-electron chi connectivity index (χ4n) is 3.16. The number of benzene rings is 2. The minimum atomic E-state index is -0.861. The van der Waals surface area contributed by atoms with Crippen molar-refractivity contribution < 1.29 is 18.3 Å². The van der Waals surface area contributed by atoms with Gasteiger partial charge in [0, 0.05) is 6.07 Å². The van der Waals surface area contributed by atoms with Gasteiger partial charge in [-0.15, -0.1) is 0 Å². The van der Waals surface area contributed by atoms with Gasteiger partial charge in [0.15, 0.2) is 0 Å². The minimum Gasteiger partial charge on any atom is -0.444 e. The van der Waals surface area contributed by atoms with Crippen LogP contribution in [0.25, 0.3) is 16.6 Å². The van der Waals surface area contributed by atoms with Crippen molar-refractivity contribution in [3.05, 3.63) is 69.2 Å². The topological polar surface area (TPSA) is 73.2 Å². The molecule has 0 saturated carbocycles. The van der Waals surface area contributed by atoms with Crippen LogP contribution >= 0.6 is 11.6 Å². The normalized spacial score (nSPS) is 12.6. The molecular weight excluding hydrogens is 428 g/mol. The summed E-state index contributed by atoms with van der Waals surface area (Å²) in [5.41, 5.74) is -1.13. The second kappa shape index (κ2) is 8.63. The highest BCUT2D eigenvalue weighted by atomic mass is 35.5. The Balaban J connectivity index is 2.26. The van der Waals surface area contributed by atoms with Crippen LogP contribution in [0, 0.1) is 11.6 Å². The van der Waals surface area contributed by atoms with E-state index in [0.29, 0.717) is 18.0 Å². The van der Waals surface area contributed by atoms with Crippen molar-refractivity contribution in [2.45, 2.75) is 45.8 Å². The Morgan fingerprint density at radius 2 is 1.87 bits per heavy atom. The Bertz CT molecular complexity index is 1180. The summed E-state index contributed by atoms with van der Waals surface area (Å²) in [5, 5.41) is 2.94. The lowest BCUT2D eigenvalue weighted by Crippen LogP contribution is -2.37. The second-order valence-corrected chi connectivity index (χ2v) is 8.39. The number of halogens is 3. The summed E-state index contributed by atoms with van der Waals surface area (Å²) in [6.45, 7) is 6.92. The molecule has 6 nitrogen and oxygen atoms in total. The van der Waals surface area contributed by atoms with E-state index in [2.05, 4.69) is 10.3 Å². The lowest BCUT2D eigenvalue weighted by atomic mass is 10.1. The first-order valence-electron chi connectivity index (χ1n) is 9.67. The standard InChI is InChI=1S/C22H22ClF2N3O3/c1-5-16(27-21(30)31-22(2,3)4)19-26-17-8-6-7-15(23)18(17)20(29)28(19)14-10-12(24)9-13(25)11-14/h6-11,16H,5H2,1-4H3,(H,27,30). The van der Waals surface area contributed by atoms with Crippen LogP contribution < -0.4 is 10.9 Å². The first-order valence-corrected chi connectivity index (χ1v) is 10.0. The molecule has 3 aromatic rings. The highest BCUT2D eigenvalue weighted by Crippen LogP contribution is 2.25. The van der Waals surface area contributed by atoms with Crippen LogP contribution in [0.1, 0.15) is 46.0 Å². The van der Waals surface area contributed by atoms with Crippen LogP contribution in [0.4, 0.5) is 13.6 Å². The number of ether oxygens (including phenoxy) is 1. The smallest absolute Gasteiger partial charge is 0.408 e. The third kappa shape index (κ3) is 5.02. The molecule has 0 spiro atoms. The first-order chi connectivity index (χ1) is 14.5. The van der Waals surface area contributed by atoms with Crippen LogP contribution in [0.5, 0.6) is 0 Å². The number of alkyl carbamates (subject to hydrolysis) is 1. The monoisotopic (exact) mass is 449 g/mol. The first kappa shape index (κ1) is 22.7. The molecule has 3 rings (SSSR count). The van der Waals surface area contributed by atoms with E-state index in [4.69, 9.17) is 16.3 Å². The third-order valence-corrected chi connectivity index (χ3v) is 4.70. The summed E-state index contributed by atoms with van der Waals surface area (Å²) >= 11 is 6.22. The van der Waals surface area contributed by atoms with Crippen LogP contribution in [0.15, 0.2) is 41.2 Å². The van der Waals surface area contributed by atoms with Crippen molar-refractivity contribution in [1.82, 2.24) is 14.9 Å². The van der Waals surface area contributed by atoms with E-state index >= 15 is 0 Å². The van der Waals surface area contributed by atoms with Gasteiger partial charge in [0.05, 0.1) is 27.7 Å². The number of carbonyl (C=O) groups excluding carboxylic acids is 1. The Hall–Kier alpha value is -3.00. The lowest BCUT2D eigenvalue weighted by molar-refractivity contribution is 0.0499. The SMILES string of the molecule is CCC(NC(=O)OC(C)(C)C)c1nc2cccc(Cl)c2c(=O)n1-c1cc(F)cc(F)c1. The zero-order valence-electron chi connectivity index (χ0n) is 17.5. The van der Waals surface area contributed by atoms with Crippen molar-refractivity contribution in [3.8, 4) is 5.69 Å². The van der Waals surface area contributed by atoms with Gasteiger partial charge in [-0.25, -0.2) is 18.6 Å². The zero-order chi connectivity index (χ0) is 22.9. The van der Waals surface area contributed by atoms with E-state index in [9.17, 15) is 18.4 Å². The summed E-state index contributed by atoms with van der Waals surface area (Å²) in [4.78, 5) is 30.3. The quantitative estimate of drug-likeness (QED) is 0.587. The van der Waals surface area contributed by atoms with Crippen molar-refractivity contribution in [1.29, 1.82) is 0 Å². The molecule has 1 heterocycles. The fraction of sp³-hybridized carbons (Fsp3) is 0.318. The van der Waals surface area contributed by atoms with Gasteiger partial charge in [-0.2, -0.15) is 0 Å². The summed E-state index contributed by atoms with van der Waals surface area (Å²) in [5.74, 6) is -1.63. The largest absolute Gasteiger partial charge is 0.444 e. The van der Waals surface area contributed by atoms with Gasteiger partial charge in [0.2, 0.25) is 0 Å². The molecule has 0 radical (unpaired) electrons. The minimum absolute atomic E-state index is 0.0729. The summed E-state index contributed by atoms with van der Waals surface area (Å²) in [6, 6.07) is 6.71. The van der Waals surface area contributed by atoms with E-state index in [1.165, 1.54) is 6.07 Å². The average Bonchev–Trinajstić information content (AvgIpc) is 2.63. The maximum absolute atomic E-state index is 14.0. The number of aromatic nitrogens is 2. The molecule has 0 aliphatic heterocycles. The molecule has 1 unspecified atom stereocenters. The Labute approximate surface area is 182 Å². The van der Waals surface area contributed by atoms with Crippen molar-refractivity contribution in [2.75, 3.05) is 0 Å². The molecule has 0 aliphatic rings. The van der Waals surface area contributed by atoms with Gasteiger partial charge < -0.3 is 10.1 Å². The molecule has 0 fully saturated rings. The van der Waals surface area contributed by atoms with Gasteiger partial charge in [0.25, 0.3) is 5.56 Å². The van der Waals surface area contributed by atoms with Gasteiger partial charge >= 0.3 is 6.09 Å². The van der Waals surface area contributed by atoms with E-state index in [1.54, 1.807) is 39.8 Å². The van der Waals surface area contributed by atoms with E-state index < -0.39 is 34.9 Å². The molecule has 9 heteroatoms. The predicted octanol–water partition coefficient (Wildman–Crippen LogP) is 5.29. The van der Waals surface area contributed by atoms with Crippen molar-refractivity contribution in [3.63, 3.8) is 0 Å². The molecule has 31 heavy (non-hydrogen) atoms. The zero-order valence-corrected chi connectivity index (χ0v) is 18.3. The van der Waals surface area contributed by atoms with Gasteiger partial charge in [-0.1, -0.05) is 24.6 Å². The average molecular weight is 450 g/mol. The number of nitrogens with one attached hydrogen (secondary N) is 1. The number of hydrogen-bond donors (Lipinski definition) is 1. The second-order valence-electron chi connectivity index (χ2n) is 7.98. The van der Waals surface area contributed by atoms with Crippen LogP contribution in [-0.4, -0.2) is 21.2 Å². The highest BCUT2D eigenvalue weighted by molar-refractivity contribution is 6.35. The van der Waals surface area contributed by atoms with Gasteiger partial charge in [-0.3, -0.25) is 9.36 Å². The van der Waals surface area contributed by atoms with Gasteiger partial charge in [0.1, 0.15) is 23.1 Å². The fourth-order valence-corrected chi connectivity index (χ4v) is 3.41. The predicted molar refractivity (Wildman–Crippen MR) is 115 cm³/mol. The van der Waals surface area contributed by atoms with Crippen molar-refractivity contribution in [2.24, 2.45) is 0 Å². The van der Waals surface area contributed by atoms with Gasteiger partial charge in [-0.05, 0) is 51.5 Å². The van der Waals surface area contributed by atoms with E-state index in [-0.39, 0.29) is 21.9 Å². The summed E-state index contributed by atoms with van der Waals surface area (Å²) < 4.78 is 34.3. The molecule has 0 saturated heterocycles. The number of fused-ring (bicyclic) bond motifs is 1. The van der Waals surface area contributed by atoms with Crippen LogP contribution in [-0.2, 0) is 4.74 Å². The number of nitrogens with zero attached hydrogens (tertiary/aromatic N) is 2. The molecule has 0 aliphatic carbocycles. The summed E-state index contributed by atoms with van der Waals surface area (Å²) in [7, 11) is 0. The Morgan fingerprint density at radius 1 is 1.23 bits per heavy atom. The Morgan fingerprint density at radius 3 is 2.45 bits per heavy atom. The molecule has 2 aromatic carbocycles. The van der Waals surface area contributed by atoms with Crippen LogP contribution in [0.2, 0.25) is 5.02 Å². The lowest BCUT2D eigenvalue weighted by Gasteiger charge is -2.25. The maximum atomic E-state index is 14.0.